The third kappa shape index (κ3) is 8.20. The van der Waals surface area contributed by atoms with Crippen molar-refractivity contribution in [1.29, 1.82) is 0 Å². The van der Waals surface area contributed by atoms with Crippen molar-refractivity contribution in [2.24, 2.45) is 0 Å². The summed E-state index contributed by atoms with van der Waals surface area (Å²) in [6.45, 7) is 10.3. The number of amides is 1. The topological polar surface area (TPSA) is 224 Å². The van der Waals surface area contributed by atoms with Gasteiger partial charge in [-0.1, -0.05) is 50.1 Å². The maximum Gasteiger partial charge on any atom is 2.00 e. The number of ketones is 1. The zero-order valence-corrected chi connectivity index (χ0v) is 32.1. The quantitative estimate of drug-likeness (QED) is 0.135. The van der Waals surface area contributed by atoms with E-state index in [9.17, 15) is 37.3 Å². The van der Waals surface area contributed by atoms with Gasteiger partial charge in [-0.25, -0.2) is 8.42 Å². The van der Waals surface area contributed by atoms with Gasteiger partial charge in [0.1, 0.15) is 0 Å². The summed E-state index contributed by atoms with van der Waals surface area (Å²) < 4.78 is 39.0. The number of ether oxygens (including phenoxy) is 1. The van der Waals surface area contributed by atoms with Crippen LogP contribution >= 0.6 is 0 Å². The van der Waals surface area contributed by atoms with Crippen LogP contribution in [0.2, 0.25) is 0 Å². The minimum atomic E-state index is -4.64. The van der Waals surface area contributed by atoms with E-state index >= 15 is 0 Å². The number of hydrogen-bond donors (Lipinski definition) is 1. The van der Waals surface area contributed by atoms with Crippen molar-refractivity contribution in [2.75, 3.05) is 19.4 Å². The summed E-state index contributed by atoms with van der Waals surface area (Å²) in [5.74, 6) is -4.89. The molecule has 52 heavy (non-hydrogen) atoms. The molecule has 3 aromatic rings. The Hall–Kier alpha value is -4.23. The first-order valence-electron chi connectivity index (χ1n) is 16.6. The second kappa shape index (κ2) is 15.8. The predicted molar refractivity (Wildman–Crippen MR) is 183 cm³/mol. The van der Waals surface area contributed by atoms with Gasteiger partial charge in [-0.3, -0.25) is 24.4 Å². The average Bonchev–Trinajstić information content (AvgIpc) is 3.72. The monoisotopic (exact) mass is 823 g/mol. The van der Waals surface area contributed by atoms with Crippen molar-refractivity contribution in [1.82, 2.24) is 25.3 Å². The third-order valence-electron chi connectivity index (χ3n) is 9.97. The number of Topliss-reactive ketones (excluding diaryl/α,β-unsaturated/α-hetero) is 1. The molecule has 0 fully saturated rings. The summed E-state index contributed by atoms with van der Waals surface area (Å²) in [5, 5.41) is 14.2. The van der Waals surface area contributed by atoms with Crippen LogP contribution in [0.3, 0.4) is 0 Å². The first-order chi connectivity index (χ1) is 23.9. The zero-order valence-electron chi connectivity index (χ0n) is 29.8. The molecule has 0 saturated carbocycles. The number of carboxylic acids is 1. The van der Waals surface area contributed by atoms with E-state index in [0.717, 1.165) is 0 Å². The summed E-state index contributed by atoms with van der Waals surface area (Å²) >= 11 is 0. The van der Waals surface area contributed by atoms with Gasteiger partial charge in [0.2, 0.25) is 5.91 Å². The van der Waals surface area contributed by atoms with Crippen molar-refractivity contribution < 1.29 is 62.4 Å². The van der Waals surface area contributed by atoms with Gasteiger partial charge in [-0.15, -0.1) is 22.1 Å². The van der Waals surface area contributed by atoms with Crippen molar-refractivity contribution in [2.45, 2.75) is 84.5 Å². The molecular weight excluding hydrogens is 785 g/mol. The van der Waals surface area contributed by atoms with E-state index in [0.29, 0.717) is 56.0 Å². The first-order valence-corrected chi connectivity index (χ1v) is 18.1. The summed E-state index contributed by atoms with van der Waals surface area (Å²) in [5.41, 5.74) is 5.24. The van der Waals surface area contributed by atoms with Crippen LogP contribution in [0.1, 0.15) is 124 Å². The van der Waals surface area contributed by atoms with E-state index in [4.69, 9.17) is 24.7 Å². The second-order valence-corrected chi connectivity index (χ2v) is 14.8. The van der Waals surface area contributed by atoms with Crippen LogP contribution in [0.15, 0.2) is 18.2 Å². The van der Waals surface area contributed by atoms with Crippen LogP contribution < -0.4 is 20.4 Å². The van der Waals surface area contributed by atoms with E-state index < -0.39 is 58.5 Å². The van der Waals surface area contributed by atoms with Crippen LogP contribution in [-0.4, -0.2) is 66.0 Å². The van der Waals surface area contributed by atoms with Gasteiger partial charge in [-0.2, -0.15) is 0 Å². The molecule has 0 aromatic carbocycles. The predicted octanol–water partition coefficient (Wildman–Crippen LogP) is 2.71. The Kier molecular flexibility index (Phi) is 12.3. The number of nitrogens with one attached hydrogen (secondary N) is 1. The fraction of sp³-hybridized carbons (Fsp3) is 0.444. The van der Waals surface area contributed by atoms with Crippen LogP contribution in [0.5, 0.6) is 0 Å². The zero-order chi connectivity index (χ0) is 37.5. The minimum absolute atomic E-state index is 0. The van der Waals surface area contributed by atoms with Gasteiger partial charge < -0.3 is 34.5 Å². The van der Waals surface area contributed by atoms with Crippen LogP contribution in [-0.2, 0) is 51.3 Å². The molecule has 0 radical (unpaired) electrons. The molecule has 0 spiro atoms. The number of aryl methyl sites for hydroxylation is 2. The molecular formula is C36H39N5O9PdS-2. The van der Waals surface area contributed by atoms with Gasteiger partial charge in [0, 0.05) is 70.1 Å². The number of fused-ring (bicyclic) bond motifs is 8. The Morgan fingerprint density at radius 2 is 1.44 bits per heavy atom. The number of rotatable bonds is 10. The van der Waals surface area contributed by atoms with E-state index in [1.165, 1.54) is 14.0 Å². The first kappa shape index (κ1) is 40.5. The Morgan fingerprint density at radius 3 is 2.00 bits per heavy atom. The van der Waals surface area contributed by atoms with Crippen molar-refractivity contribution in [3.05, 3.63) is 68.8 Å². The summed E-state index contributed by atoms with van der Waals surface area (Å²) in [4.78, 5) is 71.1. The SMILES string of the molecule is COC(=O)Cc1c2nc(cc3[n-]c(cc4nc(cc5[n-]c1c(C(=O)NCCS(=O)(=O)[O-])c5C)C(C)C4C)c(C(C)=O)c3C)C(C)[C@@H]2CCC(=O)[O-].[Pd+2]. The normalized spacial score (nSPS) is 18.4. The Balaban J connectivity index is 0.00000605. The maximum absolute atomic E-state index is 13.8. The molecule has 1 amide bonds. The average molecular weight is 824 g/mol. The van der Waals surface area contributed by atoms with Gasteiger partial charge in [0.15, 0.2) is 5.78 Å². The fourth-order valence-electron chi connectivity index (χ4n) is 6.87. The summed E-state index contributed by atoms with van der Waals surface area (Å²) in [6.07, 6.45) is -0.649. The number of aliphatic carboxylic acids is 1. The Labute approximate surface area is 315 Å². The Bertz CT molecular complexity index is 2230. The number of aromatic nitrogens is 4. The second-order valence-electron chi connectivity index (χ2n) is 13.2. The molecule has 8 bridgehead atoms. The third-order valence-corrected chi connectivity index (χ3v) is 10.7. The van der Waals surface area contributed by atoms with Crippen molar-refractivity contribution >= 4 is 55.8 Å². The molecule has 1 N–H and O–H groups in total. The number of carboxylic acid groups (broad SMARTS) is 1. The molecule has 3 unspecified atom stereocenters. The number of esters is 1. The van der Waals surface area contributed by atoms with Gasteiger partial charge in [0.25, 0.3) is 0 Å². The summed E-state index contributed by atoms with van der Waals surface area (Å²) in [7, 11) is -3.43. The van der Waals surface area contributed by atoms with Crippen LogP contribution in [0.25, 0.3) is 22.1 Å². The van der Waals surface area contributed by atoms with Gasteiger partial charge in [0.05, 0.1) is 29.4 Å². The van der Waals surface area contributed by atoms with Gasteiger partial charge >= 0.3 is 26.4 Å². The smallest absolute Gasteiger partial charge is 0.748 e. The van der Waals surface area contributed by atoms with Crippen LogP contribution in [0.4, 0.5) is 0 Å². The number of hydrogen-bond acceptors (Lipinski definition) is 11. The molecule has 4 atom stereocenters. The van der Waals surface area contributed by atoms with Crippen molar-refractivity contribution in [3.8, 4) is 0 Å². The molecule has 0 saturated heterocycles. The van der Waals surface area contributed by atoms with E-state index in [1.807, 2.05) is 20.8 Å². The van der Waals surface area contributed by atoms with Crippen molar-refractivity contribution in [3.63, 3.8) is 0 Å². The molecule has 3 aromatic heterocycles. The van der Waals surface area contributed by atoms with E-state index in [-0.39, 0.29) is 67.5 Å². The number of carbonyl (C=O) groups is 4. The van der Waals surface area contributed by atoms with Crippen LogP contribution in [0, 0.1) is 13.8 Å². The minimum Gasteiger partial charge on any atom is -0.748 e. The molecule has 16 heteroatoms. The molecule has 14 nitrogen and oxygen atoms in total. The van der Waals surface area contributed by atoms with E-state index in [1.54, 1.807) is 32.0 Å². The number of nitrogens with zero attached hydrogens (tertiary/aromatic N) is 4. The van der Waals surface area contributed by atoms with E-state index in [2.05, 4.69) is 5.32 Å². The maximum atomic E-state index is 13.8. The molecule has 5 heterocycles. The molecule has 280 valence electrons. The molecule has 2 aliphatic heterocycles. The molecule has 2 aliphatic rings. The fourth-order valence-corrected chi connectivity index (χ4v) is 7.22. The number of carbonyl (C=O) groups excluding carboxylic acids is 4. The van der Waals surface area contributed by atoms with Gasteiger partial charge in [-0.05, 0) is 39.2 Å². The number of methoxy groups -OCH3 is 1. The molecule has 5 rings (SSSR count). The standard InChI is InChI=1S/C36H43N5O9S.Pd/c1-16-17(2)25-15-29-32(21(6)42)19(4)27(39-29)14-26-18(3)22(8-9-30(43)44)34(40-26)23(12-31(45)50-7)35-33(36(46)37-10-11-51(47,48)49)20(5)28(41-35)13-24(16)38-25;/h13-18,22H,8-12H2,1-7H3,(H5,37,38,39,40,41,42,43,44,46,47,48,49);/q;+2/p-4/t16?,17?,18?,22-;/m0./s1. The largest absolute Gasteiger partial charge is 2.00 e. The Morgan fingerprint density at radius 1 is 0.885 bits per heavy atom. The summed E-state index contributed by atoms with van der Waals surface area (Å²) in [6, 6.07) is 5.28. The molecule has 0 aliphatic carbocycles.